The smallest absolute Gasteiger partial charge is 0.0711 e. The van der Waals surface area contributed by atoms with E-state index >= 15 is 0 Å². The molecule has 2 aliphatic rings. The van der Waals surface area contributed by atoms with Crippen molar-refractivity contribution in [3.8, 4) is 0 Å². The molecule has 82 valence electrons. The molecule has 14 heavy (non-hydrogen) atoms. The lowest BCUT2D eigenvalue weighted by Gasteiger charge is -2.21. The molecule has 1 N–H and O–H groups in total. The summed E-state index contributed by atoms with van der Waals surface area (Å²) in [5.41, 5.74) is 0.130. The number of hydrogen-bond donors (Lipinski definition) is 1. The summed E-state index contributed by atoms with van der Waals surface area (Å²) in [6.07, 6.45) is 7.46. The van der Waals surface area contributed by atoms with Crippen LogP contribution in [0.4, 0.5) is 0 Å². The van der Waals surface area contributed by atoms with Crippen LogP contribution in [-0.2, 0) is 0 Å². The first kappa shape index (κ1) is 10.5. The SMILES string of the molecule is CC(C)(C)CCC1(O)C2CCCCC21. The van der Waals surface area contributed by atoms with E-state index in [2.05, 4.69) is 20.8 Å². The lowest BCUT2D eigenvalue weighted by Crippen LogP contribution is -2.17. The lowest BCUT2D eigenvalue weighted by molar-refractivity contribution is 0.0934. The molecule has 0 aromatic carbocycles. The highest BCUT2D eigenvalue weighted by Crippen LogP contribution is 2.61. The van der Waals surface area contributed by atoms with Crippen LogP contribution >= 0.6 is 0 Å². The Bertz CT molecular complexity index is 202. The first-order chi connectivity index (χ1) is 6.43. The first-order valence-electron chi connectivity index (χ1n) is 6.16. The summed E-state index contributed by atoms with van der Waals surface area (Å²) in [5.74, 6) is 1.33. The Hall–Kier alpha value is -0.0400. The van der Waals surface area contributed by atoms with Crippen LogP contribution in [-0.4, -0.2) is 10.7 Å². The van der Waals surface area contributed by atoms with Crippen molar-refractivity contribution in [1.29, 1.82) is 0 Å². The maximum Gasteiger partial charge on any atom is 0.0711 e. The van der Waals surface area contributed by atoms with Crippen molar-refractivity contribution in [2.24, 2.45) is 17.3 Å². The summed E-state index contributed by atoms with van der Waals surface area (Å²) < 4.78 is 0. The zero-order valence-corrected chi connectivity index (χ0v) is 9.84. The van der Waals surface area contributed by atoms with Crippen molar-refractivity contribution in [2.75, 3.05) is 0 Å². The second-order valence-electron chi connectivity index (χ2n) is 6.55. The average molecular weight is 196 g/mol. The van der Waals surface area contributed by atoms with Crippen molar-refractivity contribution >= 4 is 0 Å². The van der Waals surface area contributed by atoms with Gasteiger partial charge in [-0.15, -0.1) is 0 Å². The third-order valence-electron chi connectivity index (χ3n) is 4.22. The molecule has 0 aliphatic heterocycles. The van der Waals surface area contributed by atoms with Gasteiger partial charge in [-0.3, -0.25) is 0 Å². The third-order valence-corrected chi connectivity index (χ3v) is 4.22. The molecule has 0 heterocycles. The molecular formula is C13H24O. The van der Waals surface area contributed by atoms with Crippen LogP contribution in [0, 0.1) is 17.3 Å². The summed E-state index contributed by atoms with van der Waals surface area (Å²) >= 11 is 0. The van der Waals surface area contributed by atoms with E-state index in [9.17, 15) is 5.11 Å². The van der Waals surface area contributed by atoms with Crippen LogP contribution in [0.15, 0.2) is 0 Å². The van der Waals surface area contributed by atoms with Crippen molar-refractivity contribution in [2.45, 2.75) is 64.9 Å². The Morgan fingerprint density at radius 3 is 2.07 bits per heavy atom. The molecule has 2 unspecified atom stereocenters. The highest BCUT2D eigenvalue weighted by molar-refractivity contribution is 5.13. The Morgan fingerprint density at radius 1 is 1.14 bits per heavy atom. The highest BCUT2D eigenvalue weighted by atomic mass is 16.3. The minimum absolute atomic E-state index is 0.246. The van der Waals surface area contributed by atoms with E-state index in [0.717, 1.165) is 12.8 Å². The zero-order valence-electron chi connectivity index (χ0n) is 9.84. The maximum absolute atomic E-state index is 10.5. The summed E-state index contributed by atoms with van der Waals surface area (Å²) in [6.45, 7) is 6.80. The number of rotatable bonds is 2. The molecule has 0 aromatic heterocycles. The molecule has 0 saturated heterocycles. The van der Waals surface area contributed by atoms with Gasteiger partial charge in [-0.2, -0.15) is 0 Å². The van der Waals surface area contributed by atoms with Gasteiger partial charge in [-0.25, -0.2) is 0 Å². The van der Waals surface area contributed by atoms with E-state index in [1.807, 2.05) is 0 Å². The predicted octanol–water partition coefficient (Wildman–Crippen LogP) is 3.36. The molecule has 1 heteroatoms. The quantitative estimate of drug-likeness (QED) is 0.718. The first-order valence-corrected chi connectivity index (χ1v) is 6.16. The molecule has 0 amide bonds. The minimum atomic E-state index is -0.246. The molecule has 0 bridgehead atoms. The van der Waals surface area contributed by atoms with E-state index < -0.39 is 0 Å². The topological polar surface area (TPSA) is 20.2 Å². The predicted molar refractivity (Wildman–Crippen MR) is 59.1 cm³/mol. The van der Waals surface area contributed by atoms with Gasteiger partial charge in [0, 0.05) is 0 Å². The van der Waals surface area contributed by atoms with Crippen molar-refractivity contribution < 1.29 is 5.11 Å². The zero-order chi connectivity index (χ0) is 10.4. The maximum atomic E-state index is 10.5. The molecule has 0 radical (unpaired) electrons. The van der Waals surface area contributed by atoms with Crippen LogP contribution in [0.1, 0.15) is 59.3 Å². The van der Waals surface area contributed by atoms with Gasteiger partial charge in [0.15, 0.2) is 0 Å². The van der Waals surface area contributed by atoms with Gasteiger partial charge in [0.25, 0.3) is 0 Å². The van der Waals surface area contributed by atoms with E-state index in [1.54, 1.807) is 0 Å². The fourth-order valence-corrected chi connectivity index (χ4v) is 3.16. The van der Waals surface area contributed by atoms with Gasteiger partial charge < -0.3 is 5.11 Å². The molecule has 1 nitrogen and oxygen atoms in total. The van der Waals surface area contributed by atoms with Crippen LogP contribution < -0.4 is 0 Å². The standard InChI is InChI=1S/C13H24O/c1-12(2,3)8-9-13(14)10-6-4-5-7-11(10)13/h10-11,14H,4-9H2,1-3H3. The van der Waals surface area contributed by atoms with Gasteiger partial charge in [-0.05, 0) is 42.9 Å². The Morgan fingerprint density at radius 2 is 1.64 bits per heavy atom. The average Bonchev–Trinajstić information content (AvgIpc) is 2.71. The van der Waals surface area contributed by atoms with E-state index in [0.29, 0.717) is 17.3 Å². The Balaban J connectivity index is 1.86. The second kappa shape index (κ2) is 3.23. The second-order valence-corrected chi connectivity index (χ2v) is 6.55. The fourth-order valence-electron chi connectivity index (χ4n) is 3.16. The Labute approximate surface area is 87.9 Å². The Kier molecular flexibility index (Phi) is 2.42. The van der Waals surface area contributed by atoms with Crippen LogP contribution in [0.25, 0.3) is 0 Å². The molecule has 0 spiro atoms. The van der Waals surface area contributed by atoms with Crippen LogP contribution in [0.3, 0.4) is 0 Å². The molecule has 2 aliphatic carbocycles. The van der Waals surface area contributed by atoms with Gasteiger partial charge in [0.2, 0.25) is 0 Å². The number of fused-ring (bicyclic) bond motifs is 1. The number of aliphatic hydroxyl groups is 1. The van der Waals surface area contributed by atoms with Gasteiger partial charge >= 0.3 is 0 Å². The summed E-state index contributed by atoms with van der Waals surface area (Å²) in [7, 11) is 0. The normalized spacial score (nSPS) is 42.0. The van der Waals surface area contributed by atoms with Gasteiger partial charge in [0.1, 0.15) is 0 Å². The van der Waals surface area contributed by atoms with Crippen molar-refractivity contribution in [1.82, 2.24) is 0 Å². The monoisotopic (exact) mass is 196 g/mol. The van der Waals surface area contributed by atoms with Gasteiger partial charge in [0.05, 0.1) is 5.60 Å². The molecule has 2 atom stereocenters. The molecular weight excluding hydrogens is 172 g/mol. The number of hydrogen-bond acceptors (Lipinski definition) is 1. The van der Waals surface area contributed by atoms with Crippen molar-refractivity contribution in [3.05, 3.63) is 0 Å². The third kappa shape index (κ3) is 1.84. The fraction of sp³-hybridized carbons (Fsp3) is 1.00. The van der Waals surface area contributed by atoms with E-state index in [4.69, 9.17) is 0 Å². The van der Waals surface area contributed by atoms with Crippen LogP contribution in [0.2, 0.25) is 0 Å². The molecule has 2 fully saturated rings. The summed E-state index contributed by atoms with van der Waals surface area (Å²) in [4.78, 5) is 0. The van der Waals surface area contributed by atoms with E-state index in [1.165, 1.54) is 25.7 Å². The molecule has 0 aromatic rings. The summed E-state index contributed by atoms with van der Waals surface area (Å²) in [6, 6.07) is 0. The molecule has 2 rings (SSSR count). The minimum Gasteiger partial charge on any atom is -0.389 e. The summed E-state index contributed by atoms with van der Waals surface area (Å²) in [5, 5.41) is 10.5. The lowest BCUT2D eigenvalue weighted by atomic mass is 9.88. The highest BCUT2D eigenvalue weighted by Gasteiger charge is 2.62. The van der Waals surface area contributed by atoms with Gasteiger partial charge in [-0.1, -0.05) is 33.6 Å². The van der Waals surface area contributed by atoms with Crippen molar-refractivity contribution in [3.63, 3.8) is 0 Å². The van der Waals surface area contributed by atoms with E-state index in [-0.39, 0.29) is 5.60 Å². The molecule has 2 saturated carbocycles. The largest absolute Gasteiger partial charge is 0.389 e. The van der Waals surface area contributed by atoms with Crippen LogP contribution in [0.5, 0.6) is 0 Å².